The minimum atomic E-state index is -6.30. The van der Waals surface area contributed by atoms with Crippen molar-refractivity contribution in [3.63, 3.8) is 0 Å². The molecule has 2 aromatic heterocycles. The Morgan fingerprint density at radius 1 is 0.446 bits per heavy atom. The van der Waals surface area contributed by atoms with Gasteiger partial charge in [0.25, 0.3) is 23.6 Å². The van der Waals surface area contributed by atoms with E-state index in [9.17, 15) is 54.7 Å². The highest BCUT2D eigenvalue weighted by atomic mass is 32.2. The highest BCUT2D eigenvalue weighted by Gasteiger charge is 2.51. The number of fused-ring (bicyclic) bond motifs is 4. The Morgan fingerprint density at radius 2 is 0.783 bits per heavy atom. The van der Waals surface area contributed by atoms with Gasteiger partial charge in [-0.25, -0.2) is 8.78 Å². The minimum Gasteiger partial charge on any atom is -0.506 e. The van der Waals surface area contributed by atoms with Crippen LogP contribution in [0.2, 0.25) is 0 Å². The number of aromatic hydroxyl groups is 1. The number of halogens is 5. The zero-order valence-corrected chi connectivity index (χ0v) is 43.7. The molecule has 0 unspecified atom stereocenters. The lowest BCUT2D eigenvalue weighted by Gasteiger charge is -2.23. The van der Waals surface area contributed by atoms with Crippen LogP contribution in [-0.4, -0.2) is 62.4 Å². The summed E-state index contributed by atoms with van der Waals surface area (Å²) in [7, 11) is -6.30. The standard InChI is InChI=1S/C32H20F4N2O6S.C31H21FN2O4/c33-22-15-13-19(14-16-22)18-38-30(39)24-25(31(38)40)29(43-27(20-8-3-1-4-9-20)21-10-5-2-6-11-21)26-23(12-7-17-37-26)28(24)44-45(41,42)32(34,35)36;32-22-15-13-19(14-16-22)18-34-30(36)24-25(31(34)37)29(26-23(27(24)35)12-7-17-33-26)38-28(20-8-3-1-4-9-20)21-10-5-2-6-11-21/h1-17,27H,18H2;1-17,28,35H,18H2. The first-order valence-corrected chi connectivity index (χ1v) is 26.7. The zero-order valence-electron chi connectivity index (χ0n) is 42.9. The fourth-order valence-electron chi connectivity index (χ4n) is 9.77. The summed E-state index contributed by atoms with van der Waals surface area (Å²) >= 11 is 0. The number of imide groups is 2. The Kier molecular flexibility index (Phi) is 14.7. The molecule has 12 rings (SSSR count). The average Bonchev–Trinajstić information content (AvgIpc) is 3.73. The lowest BCUT2D eigenvalue weighted by molar-refractivity contribution is -0.0500. The number of aromatic nitrogens is 2. The van der Waals surface area contributed by atoms with Crippen LogP contribution in [0.3, 0.4) is 0 Å². The molecule has 1 N–H and O–H groups in total. The average molecular weight is 1140 g/mol. The molecule has 14 nitrogen and oxygen atoms in total. The predicted molar refractivity (Wildman–Crippen MR) is 293 cm³/mol. The monoisotopic (exact) mass is 1140 g/mol. The Labute approximate surface area is 469 Å². The number of hydrogen-bond donors (Lipinski definition) is 1. The number of ether oxygens (including phenoxy) is 2. The number of carbonyl (C=O) groups excluding carboxylic acids is 4. The molecule has 20 heteroatoms. The SMILES string of the molecule is O=C1c2c(c(OC(c3ccccc3)c3ccccc3)c3ncccc3c2O)C(=O)N1Cc1ccc(F)cc1.O=C1c2c(c(OC(c3ccccc3)c3ccccc3)c3ncccc3c2OS(=O)(=O)C(F)(F)F)C(=O)N1Cc1ccc(F)cc1. The first kappa shape index (κ1) is 54.6. The Morgan fingerprint density at radius 3 is 1.17 bits per heavy atom. The molecule has 0 aliphatic carbocycles. The molecule has 2 aliphatic heterocycles. The molecule has 0 saturated carbocycles. The van der Waals surface area contributed by atoms with Gasteiger partial charge in [0.2, 0.25) is 0 Å². The van der Waals surface area contributed by atoms with E-state index in [0.29, 0.717) is 32.5 Å². The fourth-order valence-corrected chi connectivity index (χ4v) is 10.3. The highest BCUT2D eigenvalue weighted by molar-refractivity contribution is 7.88. The number of pyridine rings is 2. The second kappa shape index (κ2) is 22.3. The summed E-state index contributed by atoms with van der Waals surface area (Å²) in [6, 6.07) is 52.9. The first-order valence-electron chi connectivity index (χ1n) is 25.3. The summed E-state index contributed by atoms with van der Waals surface area (Å²) in [5, 5.41) is 11.1. The summed E-state index contributed by atoms with van der Waals surface area (Å²) in [5.41, 5.74) is -3.44. The number of phenolic OH excluding ortho intramolecular Hbond substituents is 1. The highest BCUT2D eigenvalue weighted by Crippen LogP contribution is 2.49. The van der Waals surface area contributed by atoms with Crippen LogP contribution in [-0.2, 0) is 23.2 Å². The quantitative estimate of drug-likeness (QED) is 0.0471. The van der Waals surface area contributed by atoms with Crippen LogP contribution in [0.1, 0.15) is 87.0 Å². The van der Waals surface area contributed by atoms with E-state index in [4.69, 9.17) is 9.47 Å². The Balaban J connectivity index is 0.000000176. The lowest BCUT2D eigenvalue weighted by atomic mass is 9.99. The van der Waals surface area contributed by atoms with Crippen molar-refractivity contribution >= 4 is 55.6 Å². The van der Waals surface area contributed by atoms with Gasteiger partial charge in [0.1, 0.15) is 57.3 Å². The van der Waals surface area contributed by atoms with E-state index in [1.807, 2.05) is 60.7 Å². The van der Waals surface area contributed by atoms with E-state index < -0.39 is 86.5 Å². The van der Waals surface area contributed by atoms with Crippen molar-refractivity contribution in [1.82, 2.24) is 19.8 Å². The molecule has 0 saturated heterocycles. The van der Waals surface area contributed by atoms with Crippen LogP contribution in [0.25, 0.3) is 21.8 Å². The fraction of sp³-hybridized carbons (Fsp3) is 0.0794. The third kappa shape index (κ3) is 10.5. The number of alkyl halides is 3. The molecule has 414 valence electrons. The Bertz CT molecular complexity index is 4180. The van der Waals surface area contributed by atoms with Crippen LogP contribution in [0.15, 0.2) is 207 Å². The van der Waals surface area contributed by atoms with Gasteiger partial charge in [0, 0.05) is 23.2 Å². The van der Waals surface area contributed by atoms with E-state index in [1.165, 1.54) is 54.7 Å². The summed E-state index contributed by atoms with van der Waals surface area (Å²) in [6.45, 7) is -0.502. The molecule has 4 heterocycles. The van der Waals surface area contributed by atoms with Gasteiger partial charge in [-0.2, -0.15) is 21.6 Å². The number of rotatable bonds is 14. The van der Waals surface area contributed by atoms with Gasteiger partial charge in [-0.15, -0.1) is 0 Å². The molecular weight excluding hydrogens is 1100 g/mol. The number of benzene rings is 8. The molecular formula is C63H41F5N4O10S. The number of hydrogen-bond acceptors (Lipinski definition) is 12. The van der Waals surface area contributed by atoms with Gasteiger partial charge in [0.05, 0.1) is 18.7 Å². The summed E-state index contributed by atoms with van der Waals surface area (Å²) < 4.78 is 110. The first-order chi connectivity index (χ1) is 40.0. The normalized spacial score (nSPS) is 13.1. The van der Waals surface area contributed by atoms with Gasteiger partial charge in [-0.3, -0.25) is 38.9 Å². The van der Waals surface area contributed by atoms with Gasteiger partial charge < -0.3 is 18.8 Å². The maximum Gasteiger partial charge on any atom is 0.534 e. The molecule has 0 radical (unpaired) electrons. The lowest BCUT2D eigenvalue weighted by Crippen LogP contribution is -2.30. The van der Waals surface area contributed by atoms with E-state index in [2.05, 4.69) is 14.2 Å². The van der Waals surface area contributed by atoms with Gasteiger partial charge in [-0.05, 0) is 81.9 Å². The van der Waals surface area contributed by atoms with Crippen LogP contribution in [0.4, 0.5) is 22.0 Å². The molecule has 2 aliphatic rings. The van der Waals surface area contributed by atoms with Crippen molar-refractivity contribution in [2.45, 2.75) is 30.8 Å². The van der Waals surface area contributed by atoms with Gasteiger partial charge in [-0.1, -0.05) is 146 Å². The van der Waals surface area contributed by atoms with Gasteiger partial charge in [0.15, 0.2) is 17.2 Å². The van der Waals surface area contributed by atoms with Crippen molar-refractivity contribution in [3.05, 3.63) is 274 Å². The second-order valence-electron chi connectivity index (χ2n) is 18.9. The van der Waals surface area contributed by atoms with Gasteiger partial charge >= 0.3 is 15.6 Å². The molecule has 0 bridgehead atoms. The Hall–Kier alpha value is -10.3. The molecule has 0 fully saturated rings. The summed E-state index contributed by atoms with van der Waals surface area (Å²) in [5.74, 6) is -5.91. The van der Waals surface area contributed by atoms with E-state index in [-0.39, 0.29) is 51.3 Å². The molecule has 8 aromatic carbocycles. The van der Waals surface area contributed by atoms with E-state index >= 15 is 0 Å². The van der Waals surface area contributed by atoms with Crippen molar-refractivity contribution < 1.29 is 68.3 Å². The van der Waals surface area contributed by atoms with Crippen molar-refractivity contribution in [2.24, 2.45) is 0 Å². The zero-order chi connectivity index (χ0) is 58.2. The summed E-state index contributed by atoms with van der Waals surface area (Å²) in [4.78, 5) is 65.5. The number of amides is 4. The number of carbonyl (C=O) groups is 4. The third-order valence-electron chi connectivity index (χ3n) is 13.7. The predicted octanol–water partition coefficient (Wildman–Crippen LogP) is 12.6. The van der Waals surface area contributed by atoms with Crippen LogP contribution in [0.5, 0.6) is 23.0 Å². The second-order valence-corrected chi connectivity index (χ2v) is 20.4. The van der Waals surface area contributed by atoms with Crippen LogP contribution in [0, 0.1) is 11.6 Å². The minimum absolute atomic E-state index is 0.0438. The van der Waals surface area contributed by atoms with Crippen LogP contribution >= 0.6 is 0 Å². The molecule has 4 amide bonds. The maximum atomic E-state index is 14.0. The van der Waals surface area contributed by atoms with Crippen molar-refractivity contribution in [1.29, 1.82) is 0 Å². The van der Waals surface area contributed by atoms with E-state index in [0.717, 1.165) is 28.2 Å². The molecule has 0 spiro atoms. The smallest absolute Gasteiger partial charge is 0.506 e. The number of nitrogens with zero attached hydrogens (tertiary/aromatic N) is 4. The largest absolute Gasteiger partial charge is 0.534 e. The number of phenols is 1. The molecule has 83 heavy (non-hydrogen) atoms. The summed E-state index contributed by atoms with van der Waals surface area (Å²) in [6.07, 6.45) is 1.28. The topological polar surface area (TPSA) is 183 Å². The molecule has 0 atom stereocenters. The third-order valence-corrected chi connectivity index (χ3v) is 14.6. The molecule has 10 aromatic rings. The van der Waals surface area contributed by atoms with Crippen molar-refractivity contribution in [2.75, 3.05) is 0 Å². The van der Waals surface area contributed by atoms with E-state index in [1.54, 1.807) is 79.0 Å². The maximum absolute atomic E-state index is 14.0. The van der Waals surface area contributed by atoms with Crippen molar-refractivity contribution in [3.8, 4) is 23.0 Å². The van der Waals surface area contributed by atoms with Crippen LogP contribution < -0.4 is 13.7 Å².